The molecule has 3 aromatic rings. The lowest BCUT2D eigenvalue weighted by molar-refractivity contribution is -0.0351. The predicted octanol–water partition coefficient (Wildman–Crippen LogP) is 4.51. The minimum Gasteiger partial charge on any atom is -0.498 e. The Morgan fingerprint density at radius 1 is 0.927 bits per heavy atom. The first-order valence-corrected chi connectivity index (χ1v) is 14.0. The second kappa shape index (κ2) is 11.1. The Morgan fingerprint density at radius 2 is 1.61 bits per heavy atom. The first-order chi connectivity index (χ1) is 20.0. The van der Waals surface area contributed by atoms with Gasteiger partial charge in [-0.05, 0) is 42.0 Å². The summed E-state index contributed by atoms with van der Waals surface area (Å²) in [5, 5.41) is 22.2. The maximum Gasteiger partial charge on any atom is 0.410 e. The summed E-state index contributed by atoms with van der Waals surface area (Å²) in [5.41, 5.74) is 3.92. The number of fused-ring (bicyclic) bond motifs is 1. The number of ether oxygens (including phenoxy) is 4. The van der Waals surface area contributed by atoms with Gasteiger partial charge in [-0.25, -0.2) is 4.79 Å². The minimum absolute atomic E-state index is 0.164. The SMILES string of the molecule is COC1=C2[C@H]3Cc4ccc(OC)c(OCc5ccccc5)c4[C@@]2(CCN3C(=O)OCc2ccccc2)C[C@@H](O)[C@@H]1O. The van der Waals surface area contributed by atoms with Crippen molar-refractivity contribution in [3.05, 3.63) is 106 Å². The molecule has 3 aliphatic rings. The van der Waals surface area contributed by atoms with Crippen LogP contribution in [0.2, 0.25) is 0 Å². The van der Waals surface area contributed by atoms with Crippen LogP contribution in [-0.4, -0.2) is 60.2 Å². The molecule has 2 aliphatic carbocycles. The monoisotopic (exact) mass is 557 g/mol. The van der Waals surface area contributed by atoms with Gasteiger partial charge in [0.2, 0.25) is 0 Å². The van der Waals surface area contributed by atoms with E-state index >= 15 is 0 Å². The average Bonchev–Trinajstić information content (AvgIpc) is 3.00. The highest BCUT2D eigenvalue weighted by Crippen LogP contribution is 2.59. The van der Waals surface area contributed by atoms with Gasteiger partial charge < -0.3 is 34.1 Å². The molecule has 8 nitrogen and oxygen atoms in total. The molecule has 3 aromatic carbocycles. The summed E-state index contributed by atoms with van der Waals surface area (Å²) in [4.78, 5) is 15.2. The van der Waals surface area contributed by atoms with Crippen LogP contribution in [0.25, 0.3) is 0 Å². The van der Waals surface area contributed by atoms with Gasteiger partial charge in [0, 0.05) is 23.1 Å². The fourth-order valence-corrected chi connectivity index (χ4v) is 6.86. The Bertz CT molecular complexity index is 1440. The van der Waals surface area contributed by atoms with Crippen LogP contribution in [0.3, 0.4) is 0 Å². The zero-order chi connectivity index (χ0) is 28.6. The van der Waals surface area contributed by atoms with Crippen LogP contribution in [0, 0.1) is 0 Å². The van der Waals surface area contributed by atoms with Gasteiger partial charge in [0.25, 0.3) is 0 Å². The summed E-state index contributed by atoms with van der Waals surface area (Å²) < 4.78 is 23.8. The molecule has 1 amide bonds. The Kier molecular flexibility index (Phi) is 7.36. The van der Waals surface area contributed by atoms with E-state index in [9.17, 15) is 15.0 Å². The molecule has 0 aromatic heterocycles. The second-order valence-electron chi connectivity index (χ2n) is 10.9. The number of aliphatic hydroxyl groups excluding tert-OH is 2. The van der Waals surface area contributed by atoms with E-state index in [1.54, 1.807) is 12.0 Å². The van der Waals surface area contributed by atoms with Crippen molar-refractivity contribution in [2.24, 2.45) is 0 Å². The summed E-state index contributed by atoms with van der Waals surface area (Å²) >= 11 is 0. The average molecular weight is 558 g/mol. The molecular weight excluding hydrogens is 522 g/mol. The summed E-state index contributed by atoms with van der Waals surface area (Å²) in [6, 6.07) is 23.0. The lowest BCUT2D eigenvalue weighted by Crippen LogP contribution is -2.61. The van der Waals surface area contributed by atoms with Gasteiger partial charge in [0.15, 0.2) is 11.5 Å². The fourth-order valence-electron chi connectivity index (χ4n) is 6.86. The van der Waals surface area contributed by atoms with E-state index in [0.29, 0.717) is 43.3 Å². The zero-order valence-corrected chi connectivity index (χ0v) is 23.3. The number of hydrogen-bond donors (Lipinski definition) is 2. The molecule has 2 N–H and O–H groups in total. The number of rotatable bonds is 7. The topological polar surface area (TPSA) is 97.7 Å². The summed E-state index contributed by atoms with van der Waals surface area (Å²) in [6.45, 7) is 0.916. The number of carbonyl (C=O) groups excluding carboxylic acids is 1. The smallest absolute Gasteiger partial charge is 0.410 e. The Morgan fingerprint density at radius 3 is 2.27 bits per heavy atom. The quantitative estimate of drug-likeness (QED) is 0.441. The van der Waals surface area contributed by atoms with Gasteiger partial charge in [-0.1, -0.05) is 66.7 Å². The van der Waals surface area contributed by atoms with Gasteiger partial charge in [0.05, 0.1) is 26.4 Å². The van der Waals surface area contributed by atoms with Gasteiger partial charge >= 0.3 is 6.09 Å². The summed E-state index contributed by atoms with van der Waals surface area (Å²) in [7, 11) is 3.11. The maximum absolute atomic E-state index is 13.5. The number of likely N-dealkylation sites (tertiary alicyclic amines) is 1. The summed E-state index contributed by atoms with van der Waals surface area (Å²) in [6.07, 6.45) is -1.43. The molecule has 1 aliphatic heterocycles. The molecule has 0 unspecified atom stereocenters. The fraction of sp³-hybridized carbons (Fsp3) is 0.364. The van der Waals surface area contributed by atoms with Crippen molar-refractivity contribution in [2.45, 2.75) is 56.1 Å². The second-order valence-corrected chi connectivity index (χ2v) is 10.9. The number of nitrogens with zero attached hydrogens (tertiary/aromatic N) is 1. The van der Waals surface area contributed by atoms with Crippen LogP contribution in [0.5, 0.6) is 11.5 Å². The first kappa shape index (κ1) is 27.2. The standard InChI is InChI=1S/C33H35NO7/c1-38-26-14-13-23-17-24-28-31(39-2)29(36)25(35)18-33(28,27(23)30(26)40-19-21-9-5-3-6-10-21)15-16-34(24)32(37)41-20-22-11-7-4-8-12-22/h3-14,24-25,29,35-36H,15-20H2,1-2H3/t24-,25-,29+,33-/m1/s1. The van der Waals surface area contributed by atoms with Crippen LogP contribution in [0.4, 0.5) is 4.79 Å². The van der Waals surface area contributed by atoms with E-state index in [4.69, 9.17) is 18.9 Å². The van der Waals surface area contributed by atoms with E-state index in [2.05, 4.69) is 0 Å². The van der Waals surface area contributed by atoms with Gasteiger partial charge in [-0.15, -0.1) is 0 Å². The third-order valence-corrected chi connectivity index (χ3v) is 8.67. The Hall–Kier alpha value is -4.01. The van der Waals surface area contributed by atoms with E-state index in [1.807, 2.05) is 72.8 Å². The number of carbonyl (C=O) groups is 1. The van der Waals surface area contributed by atoms with Crippen molar-refractivity contribution < 1.29 is 34.0 Å². The highest BCUT2D eigenvalue weighted by atomic mass is 16.6. The highest BCUT2D eigenvalue weighted by molar-refractivity contribution is 5.72. The van der Waals surface area contributed by atoms with E-state index in [0.717, 1.165) is 27.8 Å². The van der Waals surface area contributed by atoms with Gasteiger partial charge in [-0.3, -0.25) is 0 Å². The van der Waals surface area contributed by atoms with E-state index in [1.165, 1.54) is 7.11 Å². The van der Waals surface area contributed by atoms with Crippen LogP contribution in [0.1, 0.15) is 35.1 Å². The van der Waals surface area contributed by atoms with Crippen molar-refractivity contribution in [3.8, 4) is 11.5 Å². The van der Waals surface area contributed by atoms with Crippen molar-refractivity contribution in [3.63, 3.8) is 0 Å². The minimum atomic E-state index is -1.20. The van der Waals surface area contributed by atoms with Gasteiger partial charge in [-0.2, -0.15) is 0 Å². The third kappa shape index (κ3) is 4.71. The molecular formula is C33H35NO7. The molecule has 0 radical (unpaired) electrons. The third-order valence-electron chi connectivity index (χ3n) is 8.67. The number of hydrogen-bond acceptors (Lipinski definition) is 7. The lowest BCUT2D eigenvalue weighted by Gasteiger charge is -2.56. The van der Waals surface area contributed by atoms with Crippen molar-refractivity contribution in [1.82, 2.24) is 4.90 Å². The van der Waals surface area contributed by atoms with Crippen LogP contribution in [-0.2, 0) is 34.5 Å². The van der Waals surface area contributed by atoms with Crippen molar-refractivity contribution in [1.29, 1.82) is 0 Å². The van der Waals surface area contributed by atoms with Crippen LogP contribution in [0.15, 0.2) is 84.1 Å². The highest BCUT2D eigenvalue weighted by Gasteiger charge is 2.58. The molecule has 1 saturated heterocycles. The Balaban J connectivity index is 1.43. The van der Waals surface area contributed by atoms with Crippen molar-refractivity contribution >= 4 is 6.09 Å². The number of piperidine rings is 1. The zero-order valence-electron chi connectivity index (χ0n) is 23.3. The normalized spacial score (nSPS) is 24.7. The molecule has 0 spiro atoms. The maximum atomic E-state index is 13.5. The largest absolute Gasteiger partial charge is 0.498 e. The Labute approximate surface area is 239 Å². The first-order valence-electron chi connectivity index (χ1n) is 14.0. The molecule has 41 heavy (non-hydrogen) atoms. The van der Waals surface area contributed by atoms with E-state index < -0.39 is 29.8 Å². The van der Waals surface area contributed by atoms with Crippen molar-refractivity contribution in [2.75, 3.05) is 20.8 Å². The lowest BCUT2D eigenvalue weighted by atomic mass is 9.55. The predicted molar refractivity (Wildman–Crippen MR) is 152 cm³/mol. The summed E-state index contributed by atoms with van der Waals surface area (Å²) in [5.74, 6) is 1.51. The molecule has 1 heterocycles. The van der Waals surface area contributed by atoms with Crippen LogP contribution < -0.4 is 9.47 Å². The number of methoxy groups -OCH3 is 2. The molecule has 2 bridgehead atoms. The molecule has 6 rings (SSSR count). The molecule has 1 fully saturated rings. The molecule has 8 heteroatoms. The van der Waals surface area contributed by atoms with Crippen LogP contribution >= 0.6 is 0 Å². The molecule has 0 saturated carbocycles. The number of benzene rings is 3. The van der Waals surface area contributed by atoms with Gasteiger partial charge in [0.1, 0.15) is 25.1 Å². The molecule has 4 atom stereocenters. The van der Waals surface area contributed by atoms with E-state index in [-0.39, 0.29) is 13.0 Å². The molecule has 214 valence electrons. The number of aliphatic hydroxyl groups is 2. The number of amides is 1.